The van der Waals surface area contributed by atoms with Gasteiger partial charge in [-0.2, -0.15) is 0 Å². The fourth-order valence-electron chi connectivity index (χ4n) is 4.17. The summed E-state index contributed by atoms with van der Waals surface area (Å²) < 4.78 is 10.9. The van der Waals surface area contributed by atoms with Gasteiger partial charge in [0.2, 0.25) is 0 Å². The van der Waals surface area contributed by atoms with Gasteiger partial charge in [-0.1, -0.05) is 0 Å². The fourth-order valence-corrected chi connectivity index (χ4v) is 20.2. The van der Waals surface area contributed by atoms with Crippen LogP contribution in [0.2, 0.25) is 0 Å². The van der Waals surface area contributed by atoms with Gasteiger partial charge >= 0.3 is 180 Å². The Morgan fingerprint density at radius 3 is 1.07 bits per heavy atom. The Bertz CT molecular complexity index is 971. The van der Waals surface area contributed by atoms with Crippen LogP contribution in [-0.4, -0.2) is 23.8 Å². The van der Waals surface area contributed by atoms with Gasteiger partial charge in [0, 0.05) is 0 Å². The molecule has 0 saturated heterocycles. The van der Waals surface area contributed by atoms with Crippen LogP contribution in [0.3, 0.4) is 0 Å². The van der Waals surface area contributed by atoms with Crippen molar-refractivity contribution in [2.45, 2.75) is 0 Å². The predicted molar refractivity (Wildman–Crippen MR) is 126 cm³/mol. The number of hydrogen-bond acceptors (Lipinski definition) is 2. The summed E-state index contributed by atoms with van der Waals surface area (Å²) >= 11 is -5.04. The number of hydrogen-bond donors (Lipinski definition) is 0. The molecule has 4 rings (SSSR count). The number of carbonyl (C=O) groups is 1. The monoisotopic (exact) mass is 500 g/mol. The Balaban J connectivity index is 2.31. The Morgan fingerprint density at radius 1 is 0.567 bits per heavy atom. The van der Waals surface area contributed by atoms with E-state index in [9.17, 15) is 4.79 Å². The van der Waals surface area contributed by atoms with Crippen LogP contribution >= 0.6 is 0 Å². The third-order valence-corrected chi connectivity index (χ3v) is 21.6. The molecule has 0 aromatic heterocycles. The first-order chi connectivity index (χ1) is 14.7. The van der Waals surface area contributed by atoms with Gasteiger partial charge in [-0.25, -0.2) is 0 Å². The molecule has 0 aliphatic rings. The molecule has 0 unspecified atom stereocenters. The molecule has 0 spiro atoms. The van der Waals surface area contributed by atoms with Crippen molar-refractivity contribution in [2.75, 3.05) is 0 Å². The Kier molecular flexibility index (Phi) is 5.61. The van der Waals surface area contributed by atoms with Gasteiger partial charge in [-0.15, -0.1) is 0 Å². The second kappa shape index (κ2) is 8.34. The van der Waals surface area contributed by atoms with E-state index in [1.54, 1.807) is 0 Å². The summed E-state index contributed by atoms with van der Waals surface area (Å²) in [6, 6.07) is 40.8. The van der Waals surface area contributed by atoms with Crippen LogP contribution in [0.15, 0.2) is 134 Å². The molecule has 0 N–H and O–H groups in total. The van der Waals surface area contributed by atoms with Crippen molar-refractivity contribution < 1.29 is 7.81 Å². The molecule has 4 aromatic carbocycles. The Labute approximate surface area is 179 Å². The quantitative estimate of drug-likeness (QED) is 0.300. The molecule has 0 heterocycles. The summed E-state index contributed by atoms with van der Waals surface area (Å²) in [4.78, 5) is 13.0. The van der Waals surface area contributed by atoms with Crippen LogP contribution in [0.25, 0.3) is 0 Å². The third kappa shape index (κ3) is 3.00. The van der Waals surface area contributed by atoms with E-state index in [1.165, 1.54) is 6.08 Å². The summed E-state index contributed by atoms with van der Waals surface area (Å²) in [6.07, 6.45) is 1.27. The van der Waals surface area contributed by atoms with Crippen LogP contribution < -0.4 is 14.0 Å². The Hall–Kier alpha value is -3.09. The van der Waals surface area contributed by atoms with Gasteiger partial charge in [-0.05, 0) is 0 Å². The van der Waals surface area contributed by atoms with E-state index in [-0.39, 0.29) is 0 Å². The molecule has 0 aliphatic carbocycles. The molecule has 0 aliphatic heterocycles. The minimum atomic E-state index is -5.04. The molecular formula is C27H23O2Sb. The van der Waals surface area contributed by atoms with Gasteiger partial charge in [0.25, 0.3) is 0 Å². The summed E-state index contributed by atoms with van der Waals surface area (Å²) in [5.41, 5.74) is 0. The zero-order valence-corrected chi connectivity index (χ0v) is 19.1. The van der Waals surface area contributed by atoms with E-state index in [0.29, 0.717) is 0 Å². The molecule has 0 amide bonds. The molecule has 4 aromatic rings. The molecule has 0 saturated carbocycles. The zero-order chi connectivity index (χ0) is 20.9. The standard InChI is InChI=1S/4C6H5.C3H4O2.Sb/c4*1-2-4-6-5-3-1;1-2-3(4)5;/h4*1-5H;2H,1H2,(H,4,5);/q;;;;;+1/p-1. The first-order valence-electron chi connectivity index (χ1n) is 9.82. The molecule has 0 fully saturated rings. The molecular weight excluding hydrogens is 478 g/mol. The van der Waals surface area contributed by atoms with E-state index >= 15 is 0 Å². The van der Waals surface area contributed by atoms with Crippen molar-refractivity contribution in [1.29, 1.82) is 0 Å². The van der Waals surface area contributed by atoms with Crippen LogP contribution in [0, 0.1) is 0 Å². The van der Waals surface area contributed by atoms with Crippen molar-refractivity contribution in [1.82, 2.24) is 0 Å². The van der Waals surface area contributed by atoms with Gasteiger partial charge in [0.15, 0.2) is 0 Å². The fraction of sp³-hybridized carbons (Fsp3) is 0. The molecule has 2 nitrogen and oxygen atoms in total. The normalized spacial score (nSPS) is 12.3. The van der Waals surface area contributed by atoms with Crippen LogP contribution in [-0.2, 0) is 7.81 Å². The van der Waals surface area contributed by atoms with Crippen molar-refractivity contribution in [3.63, 3.8) is 0 Å². The maximum atomic E-state index is 13.0. The summed E-state index contributed by atoms with van der Waals surface area (Å²) in [7, 11) is 0. The van der Waals surface area contributed by atoms with E-state index < -0.39 is 23.8 Å². The second-order valence-electron chi connectivity index (χ2n) is 6.99. The van der Waals surface area contributed by atoms with Crippen LogP contribution in [0.5, 0.6) is 0 Å². The molecule has 0 bridgehead atoms. The van der Waals surface area contributed by atoms with E-state index in [1.807, 2.05) is 72.8 Å². The maximum absolute atomic E-state index is 13.0. The van der Waals surface area contributed by atoms with Gasteiger partial charge in [-0.3, -0.25) is 0 Å². The summed E-state index contributed by atoms with van der Waals surface area (Å²) in [5, 5.41) is 0. The number of carbonyl (C=O) groups excluding carboxylic acids is 1. The molecule has 0 atom stereocenters. The SMILES string of the molecule is C=CC(=O)[O][Sb]([c]1ccccc1)([c]1ccccc1)([c]1ccccc1)[c]1ccccc1. The number of rotatable bonds is 6. The average molecular weight is 501 g/mol. The van der Waals surface area contributed by atoms with Crippen molar-refractivity contribution in [3.05, 3.63) is 134 Å². The first-order valence-corrected chi connectivity index (χ1v) is 16.0. The first kappa shape index (κ1) is 20.2. The van der Waals surface area contributed by atoms with E-state index in [0.717, 1.165) is 14.0 Å². The second-order valence-corrected chi connectivity index (χ2v) is 19.3. The minimum absolute atomic E-state index is 0.419. The zero-order valence-electron chi connectivity index (χ0n) is 16.6. The molecule has 0 radical (unpaired) electrons. The van der Waals surface area contributed by atoms with Gasteiger partial charge in [0.1, 0.15) is 0 Å². The summed E-state index contributed by atoms with van der Waals surface area (Å²) in [6.45, 7) is 3.71. The predicted octanol–water partition coefficient (Wildman–Crippen LogP) is 3.24. The van der Waals surface area contributed by atoms with Gasteiger partial charge in [0.05, 0.1) is 0 Å². The molecule has 3 heteroatoms. The molecule has 30 heavy (non-hydrogen) atoms. The van der Waals surface area contributed by atoms with Crippen molar-refractivity contribution in [3.8, 4) is 0 Å². The van der Waals surface area contributed by atoms with E-state index in [4.69, 9.17) is 3.02 Å². The number of benzene rings is 4. The average Bonchev–Trinajstić information content (AvgIpc) is 2.85. The summed E-state index contributed by atoms with van der Waals surface area (Å²) in [5.74, 6) is -0.419. The Morgan fingerprint density at radius 2 is 0.833 bits per heavy atom. The van der Waals surface area contributed by atoms with Crippen LogP contribution in [0.4, 0.5) is 0 Å². The van der Waals surface area contributed by atoms with Crippen LogP contribution in [0.1, 0.15) is 0 Å². The molecule has 148 valence electrons. The van der Waals surface area contributed by atoms with Crippen molar-refractivity contribution >= 4 is 37.8 Å². The third-order valence-electron chi connectivity index (χ3n) is 5.43. The van der Waals surface area contributed by atoms with Crippen molar-refractivity contribution in [2.24, 2.45) is 0 Å². The van der Waals surface area contributed by atoms with Gasteiger partial charge < -0.3 is 0 Å². The topological polar surface area (TPSA) is 26.3 Å². The van der Waals surface area contributed by atoms with E-state index in [2.05, 4.69) is 55.1 Å².